The van der Waals surface area contributed by atoms with Crippen molar-refractivity contribution < 1.29 is 53.4 Å². The van der Waals surface area contributed by atoms with Crippen LogP contribution in [0.4, 0.5) is 43.9 Å². The maximum Gasteiger partial charge on any atom is 0.421 e. The molecule has 0 aliphatic heterocycles. The van der Waals surface area contributed by atoms with E-state index >= 15 is 0 Å². The number of rotatable bonds is 8. The summed E-state index contributed by atoms with van der Waals surface area (Å²) < 4.78 is 149. The van der Waals surface area contributed by atoms with Crippen molar-refractivity contribution in [3.05, 3.63) is 186 Å². The molecule has 0 saturated carbocycles. The standard InChI is InChI=1S/C21H11BrF5N3O2.C21H11ClF5N3O2/c2*22-11-6-16(23)14(17(24)7-11)9-30-10-29-19(31)13-8-12(3-4-18(13)30)32-20-15(21(25,26)27)2-1-5-28-20/h2*1-8,10H,9H2. The van der Waals surface area contributed by atoms with Gasteiger partial charge in [0, 0.05) is 33.0 Å². The molecule has 0 fully saturated rings. The van der Waals surface area contributed by atoms with E-state index in [0.717, 1.165) is 73.6 Å². The monoisotopic (exact) mass is 978 g/mol. The Morgan fingerprint density at radius 3 is 1.34 bits per heavy atom. The molecule has 4 aromatic heterocycles. The van der Waals surface area contributed by atoms with Crippen molar-refractivity contribution in [2.75, 3.05) is 0 Å². The lowest BCUT2D eigenvalue weighted by molar-refractivity contribution is -0.139. The molecule has 0 N–H and O–H groups in total. The normalized spacial score (nSPS) is 11.7. The summed E-state index contributed by atoms with van der Waals surface area (Å²) in [4.78, 5) is 39.1. The van der Waals surface area contributed by atoms with Crippen LogP contribution >= 0.6 is 27.5 Å². The molecule has 22 heteroatoms. The Morgan fingerprint density at radius 1 is 0.562 bits per heavy atom. The van der Waals surface area contributed by atoms with Crippen LogP contribution in [0.15, 0.2) is 124 Å². The topological polar surface area (TPSA) is 114 Å². The van der Waals surface area contributed by atoms with Crippen LogP contribution in [0.1, 0.15) is 22.3 Å². The fraction of sp³-hybridized carbons (Fsp3) is 0.0952. The van der Waals surface area contributed by atoms with Crippen LogP contribution in [0.5, 0.6) is 23.3 Å². The van der Waals surface area contributed by atoms with Crippen molar-refractivity contribution in [1.82, 2.24) is 29.1 Å². The predicted octanol–water partition coefficient (Wildman–Crippen LogP) is 11.3. The van der Waals surface area contributed by atoms with Gasteiger partial charge in [-0.05, 0) is 84.9 Å². The van der Waals surface area contributed by atoms with E-state index in [2.05, 4.69) is 35.9 Å². The van der Waals surface area contributed by atoms with E-state index in [9.17, 15) is 53.5 Å². The van der Waals surface area contributed by atoms with Crippen LogP contribution in [-0.4, -0.2) is 29.1 Å². The molecule has 0 radical (unpaired) electrons. The molecule has 0 aliphatic carbocycles. The molecule has 10 nitrogen and oxygen atoms in total. The first-order valence-electron chi connectivity index (χ1n) is 17.9. The van der Waals surface area contributed by atoms with Crippen LogP contribution in [0, 0.1) is 23.3 Å². The van der Waals surface area contributed by atoms with Crippen LogP contribution in [0.2, 0.25) is 5.02 Å². The highest BCUT2D eigenvalue weighted by Crippen LogP contribution is 2.38. The molecular weight excluding hydrogens is 958 g/mol. The van der Waals surface area contributed by atoms with Crippen LogP contribution in [0.25, 0.3) is 21.8 Å². The van der Waals surface area contributed by atoms with E-state index in [0.29, 0.717) is 0 Å². The van der Waals surface area contributed by atoms with E-state index in [1.165, 1.54) is 45.5 Å². The maximum atomic E-state index is 14.2. The molecule has 0 saturated heterocycles. The second-order valence-electron chi connectivity index (χ2n) is 13.3. The van der Waals surface area contributed by atoms with E-state index in [-0.39, 0.29) is 67.0 Å². The Morgan fingerprint density at radius 2 is 0.953 bits per heavy atom. The van der Waals surface area contributed by atoms with Crippen molar-refractivity contribution in [2.45, 2.75) is 25.4 Å². The second kappa shape index (κ2) is 18.1. The number of hydrogen-bond acceptors (Lipinski definition) is 8. The van der Waals surface area contributed by atoms with Gasteiger partial charge >= 0.3 is 12.4 Å². The number of benzene rings is 4. The van der Waals surface area contributed by atoms with Gasteiger partial charge in [-0.25, -0.2) is 27.5 Å². The first-order valence-corrected chi connectivity index (χ1v) is 19.1. The van der Waals surface area contributed by atoms with E-state index in [4.69, 9.17) is 21.1 Å². The highest BCUT2D eigenvalue weighted by atomic mass is 79.9. The zero-order valence-electron chi connectivity index (χ0n) is 31.7. The molecule has 0 atom stereocenters. The Kier molecular flexibility index (Phi) is 12.8. The highest BCUT2D eigenvalue weighted by Gasteiger charge is 2.36. The summed E-state index contributed by atoms with van der Waals surface area (Å²) in [6, 6.07) is 15.8. The number of ether oxygens (including phenoxy) is 2. The molecule has 328 valence electrons. The lowest BCUT2D eigenvalue weighted by atomic mass is 10.1. The van der Waals surface area contributed by atoms with Gasteiger partial charge in [0.15, 0.2) is 0 Å². The van der Waals surface area contributed by atoms with Crippen molar-refractivity contribution in [3.8, 4) is 23.3 Å². The minimum atomic E-state index is -4.69. The van der Waals surface area contributed by atoms with Crippen LogP contribution < -0.4 is 20.6 Å². The summed E-state index contributed by atoms with van der Waals surface area (Å²) in [6.45, 7) is -0.579. The predicted molar refractivity (Wildman–Crippen MR) is 214 cm³/mol. The van der Waals surface area contributed by atoms with Crippen molar-refractivity contribution in [3.63, 3.8) is 0 Å². The summed E-state index contributed by atoms with van der Waals surface area (Å²) >= 11 is 8.64. The van der Waals surface area contributed by atoms with Crippen molar-refractivity contribution in [1.29, 1.82) is 0 Å². The summed E-state index contributed by atoms with van der Waals surface area (Å²) in [6.07, 6.45) is -4.86. The Bertz CT molecular complexity index is 2940. The average molecular weight is 980 g/mol. The Hall–Kier alpha value is -6.87. The van der Waals surface area contributed by atoms with E-state index in [1.54, 1.807) is 0 Å². The molecule has 8 rings (SSSR count). The van der Waals surface area contributed by atoms with Gasteiger partial charge in [-0.15, -0.1) is 0 Å². The lowest BCUT2D eigenvalue weighted by Gasteiger charge is -2.14. The Balaban J connectivity index is 0.000000191. The average Bonchev–Trinajstić information content (AvgIpc) is 3.22. The number of halogens is 12. The zero-order chi connectivity index (χ0) is 46.1. The molecule has 4 aromatic carbocycles. The molecule has 0 spiro atoms. The third-order valence-corrected chi connectivity index (χ3v) is 9.77. The number of aromatic nitrogens is 6. The maximum absolute atomic E-state index is 14.2. The minimum absolute atomic E-state index is 0.00702. The quantitative estimate of drug-likeness (QED) is 0.138. The summed E-state index contributed by atoms with van der Waals surface area (Å²) in [5.41, 5.74) is -3.60. The van der Waals surface area contributed by atoms with Gasteiger partial charge in [-0.1, -0.05) is 27.5 Å². The number of hydrogen-bond donors (Lipinski definition) is 0. The fourth-order valence-electron chi connectivity index (χ4n) is 6.15. The number of nitrogens with zero attached hydrogens (tertiary/aromatic N) is 6. The molecule has 0 aliphatic rings. The van der Waals surface area contributed by atoms with Gasteiger partial charge in [0.05, 0.1) is 47.6 Å². The van der Waals surface area contributed by atoms with E-state index in [1.807, 2.05) is 0 Å². The SMILES string of the molecule is O=c1ncn(Cc2c(F)cc(Br)cc2F)c2ccc(Oc3ncccc3C(F)(F)F)cc12.O=c1ncn(Cc2c(F)cc(Cl)cc2F)c2ccc(Oc3ncccc3C(F)(F)F)cc12. The minimum Gasteiger partial charge on any atom is -0.438 e. The van der Waals surface area contributed by atoms with Crippen molar-refractivity contribution in [2.24, 2.45) is 0 Å². The highest BCUT2D eigenvalue weighted by molar-refractivity contribution is 9.10. The third kappa shape index (κ3) is 9.99. The van der Waals surface area contributed by atoms with Gasteiger partial charge in [0.25, 0.3) is 11.1 Å². The number of fused-ring (bicyclic) bond motifs is 2. The molecule has 0 bridgehead atoms. The lowest BCUT2D eigenvalue weighted by Crippen LogP contribution is -2.14. The summed E-state index contributed by atoms with van der Waals surface area (Å²) in [7, 11) is 0. The van der Waals surface area contributed by atoms with Crippen LogP contribution in [-0.2, 0) is 25.4 Å². The van der Waals surface area contributed by atoms with Gasteiger partial charge in [0.1, 0.15) is 45.9 Å². The molecule has 64 heavy (non-hydrogen) atoms. The van der Waals surface area contributed by atoms with Gasteiger partial charge in [0.2, 0.25) is 11.8 Å². The number of pyridine rings is 2. The molecular formula is C42H22BrClF10N6O4. The molecule has 4 heterocycles. The first-order chi connectivity index (χ1) is 30.3. The van der Waals surface area contributed by atoms with E-state index < -0.39 is 69.6 Å². The number of alkyl halides is 6. The third-order valence-electron chi connectivity index (χ3n) is 9.10. The van der Waals surface area contributed by atoms with Crippen molar-refractivity contribution >= 4 is 49.3 Å². The summed E-state index contributed by atoms with van der Waals surface area (Å²) in [5, 5.41) is -0.141. The second-order valence-corrected chi connectivity index (χ2v) is 14.7. The smallest absolute Gasteiger partial charge is 0.421 e. The first kappa shape index (κ1) is 45.2. The van der Waals surface area contributed by atoms with Crippen LogP contribution in [0.3, 0.4) is 0 Å². The summed E-state index contributed by atoms with van der Waals surface area (Å²) in [5.74, 6) is -4.89. The largest absolute Gasteiger partial charge is 0.438 e. The fourth-order valence-corrected chi connectivity index (χ4v) is 6.74. The van der Waals surface area contributed by atoms with Gasteiger partial charge in [-0.3, -0.25) is 9.59 Å². The molecule has 8 aromatic rings. The van der Waals surface area contributed by atoms with Gasteiger partial charge in [-0.2, -0.15) is 36.3 Å². The zero-order valence-corrected chi connectivity index (χ0v) is 34.0. The van der Waals surface area contributed by atoms with Gasteiger partial charge < -0.3 is 18.6 Å². The Labute approximate surface area is 365 Å². The molecule has 0 unspecified atom stereocenters. The molecule has 0 amide bonds.